The van der Waals surface area contributed by atoms with Crippen LogP contribution >= 0.6 is 0 Å². The lowest BCUT2D eigenvalue weighted by Gasteiger charge is -2.14. The summed E-state index contributed by atoms with van der Waals surface area (Å²) < 4.78 is 28.3. The summed E-state index contributed by atoms with van der Waals surface area (Å²) in [7, 11) is 0. The van der Waals surface area contributed by atoms with Gasteiger partial charge in [0.1, 0.15) is 5.75 Å². The molecule has 1 atom stereocenters. The number of halogens is 2. The number of anilines is 1. The fourth-order valence-corrected chi connectivity index (χ4v) is 2.03. The standard InChI is InChI=1S/C17H18F2N2O2/c1-12(13-5-3-2-4-6-13)20-11-16(22)21-14-7-9-15(10-8-14)23-17(18)19/h2-10,12,17,20H,11H2,1H3,(H,21,22)/t12-/m1/s1. The van der Waals surface area contributed by atoms with E-state index in [1.54, 1.807) is 0 Å². The fraction of sp³-hybridized carbons (Fsp3) is 0.235. The molecule has 2 aromatic rings. The number of rotatable bonds is 7. The molecule has 1 amide bonds. The van der Waals surface area contributed by atoms with Crippen molar-refractivity contribution in [3.63, 3.8) is 0 Å². The van der Waals surface area contributed by atoms with Gasteiger partial charge in [0.25, 0.3) is 0 Å². The highest BCUT2D eigenvalue weighted by Gasteiger charge is 2.08. The van der Waals surface area contributed by atoms with Crippen molar-refractivity contribution in [3.05, 3.63) is 60.2 Å². The van der Waals surface area contributed by atoms with E-state index in [9.17, 15) is 13.6 Å². The maximum Gasteiger partial charge on any atom is 0.387 e. The summed E-state index contributed by atoms with van der Waals surface area (Å²) in [5.74, 6) is -0.163. The number of benzene rings is 2. The van der Waals surface area contributed by atoms with E-state index in [2.05, 4.69) is 15.4 Å². The molecule has 0 heterocycles. The van der Waals surface area contributed by atoms with E-state index in [1.165, 1.54) is 24.3 Å². The minimum Gasteiger partial charge on any atom is -0.435 e. The molecule has 23 heavy (non-hydrogen) atoms. The van der Waals surface area contributed by atoms with Gasteiger partial charge in [0.2, 0.25) is 5.91 Å². The van der Waals surface area contributed by atoms with Crippen molar-refractivity contribution in [2.24, 2.45) is 0 Å². The normalized spacial score (nSPS) is 12.0. The summed E-state index contributed by atoms with van der Waals surface area (Å²) >= 11 is 0. The lowest BCUT2D eigenvalue weighted by atomic mass is 10.1. The van der Waals surface area contributed by atoms with Crippen LogP contribution in [0.2, 0.25) is 0 Å². The Labute approximate surface area is 133 Å². The number of alkyl halides is 2. The van der Waals surface area contributed by atoms with Crippen molar-refractivity contribution >= 4 is 11.6 Å². The average Bonchev–Trinajstić information content (AvgIpc) is 2.55. The molecule has 2 aromatic carbocycles. The Hall–Kier alpha value is -2.47. The summed E-state index contributed by atoms with van der Waals surface area (Å²) in [4.78, 5) is 11.9. The second kappa shape index (κ2) is 8.24. The van der Waals surface area contributed by atoms with Gasteiger partial charge in [0, 0.05) is 11.7 Å². The van der Waals surface area contributed by atoms with Crippen molar-refractivity contribution in [2.45, 2.75) is 19.6 Å². The molecule has 0 spiro atoms. The molecule has 4 nitrogen and oxygen atoms in total. The average molecular weight is 320 g/mol. The number of carbonyl (C=O) groups is 1. The van der Waals surface area contributed by atoms with Gasteiger partial charge in [-0.05, 0) is 36.8 Å². The molecular formula is C17H18F2N2O2. The molecular weight excluding hydrogens is 302 g/mol. The van der Waals surface area contributed by atoms with E-state index in [-0.39, 0.29) is 24.2 Å². The number of ether oxygens (including phenoxy) is 1. The van der Waals surface area contributed by atoms with E-state index >= 15 is 0 Å². The Balaban J connectivity index is 1.80. The molecule has 2 rings (SSSR count). The summed E-state index contributed by atoms with van der Waals surface area (Å²) in [5.41, 5.74) is 1.61. The minimum atomic E-state index is -2.86. The fourth-order valence-electron chi connectivity index (χ4n) is 2.03. The zero-order valence-corrected chi connectivity index (χ0v) is 12.6. The van der Waals surface area contributed by atoms with Crippen LogP contribution in [0.4, 0.5) is 14.5 Å². The van der Waals surface area contributed by atoms with Gasteiger partial charge in [-0.15, -0.1) is 0 Å². The number of nitrogens with one attached hydrogen (secondary N) is 2. The second-order valence-electron chi connectivity index (χ2n) is 4.96. The van der Waals surface area contributed by atoms with Crippen molar-refractivity contribution in [2.75, 3.05) is 11.9 Å². The zero-order chi connectivity index (χ0) is 16.7. The van der Waals surface area contributed by atoms with Gasteiger partial charge in [-0.25, -0.2) is 0 Å². The Morgan fingerprint density at radius 1 is 1.09 bits per heavy atom. The van der Waals surface area contributed by atoms with Crippen LogP contribution in [0.3, 0.4) is 0 Å². The lowest BCUT2D eigenvalue weighted by molar-refractivity contribution is -0.115. The van der Waals surface area contributed by atoms with Crippen LogP contribution in [0.1, 0.15) is 18.5 Å². The number of amides is 1. The van der Waals surface area contributed by atoms with E-state index in [4.69, 9.17) is 0 Å². The maximum atomic E-state index is 12.0. The van der Waals surface area contributed by atoms with E-state index in [0.29, 0.717) is 5.69 Å². The number of carbonyl (C=O) groups excluding carboxylic acids is 1. The van der Waals surface area contributed by atoms with Gasteiger partial charge in [-0.3, -0.25) is 4.79 Å². The third-order valence-corrected chi connectivity index (χ3v) is 3.23. The predicted octanol–water partition coefficient (Wildman–Crippen LogP) is 3.58. The highest BCUT2D eigenvalue weighted by atomic mass is 19.3. The largest absolute Gasteiger partial charge is 0.435 e. The van der Waals surface area contributed by atoms with Crippen LogP contribution < -0.4 is 15.4 Å². The first-order valence-corrected chi connectivity index (χ1v) is 7.17. The molecule has 0 aliphatic rings. The van der Waals surface area contributed by atoms with Crippen LogP contribution in [0, 0.1) is 0 Å². The molecule has 0 aromatic heterocycles. The number of hydrogen-bond acceptors (Lipinski definition) is 3. The molecule has 0 radical (unpaired) electrons. The second-order valence-corrected chi connectivity index (χ2v) is 4.96. The third kappa shape index (κ3) is 5.67. The lowest BCUT2D eigenvalue weighted by Crippen LogP contribution is -2.30. The summed E-state index contributed by atoms with van der Waals surface area (Å²) in [6.07, 6.45) is 0. The SMILES string of the molecule is C[C@@H](NCC(=O)Nc1ccc(OC(F)F)cc1)c1ccccc1. The topological polar surface area (TPSA) is 50.4 Å². The van der Waals surface area contributed by atoms with Crippen molar-refractivity contribution < 1.29 is 18.3 Å². The first-order chi connectivity index (χ1) is 11.0. The van der Waals surface area contributed by atoms with Gasteiger partial charge in [-0.2, -0.15) is 8.78 Å². The van der Waals surface area contributed by atoms with Gasteiger partial charge < -0.3 is 15.4 Å². The first kappa shape index (κ1) is 16.9. The molecule has 122 valence electrons. The van der Waals surface area contributed by atoms with Crippen molar-refractivity contribution in [1.82, 2.24) is 5.32 Å². The maximum absolute atomic E-state index is 12.0. The van der Waals surface area contributed by atoms with E-state index in [0.717, 1.165) is 5.56 Å². The Morgan fingerprint density at radius 3 is 2.35 bits per heavy atom. The first-order valence-electron chi connectivity index (χ1n) is 7.17. The molecule has 2 N–H and O–H groups in total. The van der Waals surface area contributed by atoms with Gasteiger partial charge >= 0.3 is 6.61 Å². The Bertz CT molecular complexity index is 618. The molecule has 0 aliphatic heterocycles. The van der Waals surface area contributed by atoms with Crippen LogP contribution in [0.15, 0.2) is 54.6 Å². The van der Waals surface area contributed by atoms with Crippen molar-refractivity contribution in [1.29, 1.82) is 0 Å². The van der Waals surface area contributed by atoms with E-state index < -0.39 is 6.61 Å². The van der Waals surface area contributed by atoms with Crippen LogP contribution in [-0.4, -0.2) is 19.1 Å². The minimum absolute atomic E-state index is 0.0452. The molecule has 0 saturated carbocycles. The summed E-state index contributed by atoms with van der Waals surface area (Å²) in [6.45, 7) is -0.746. The third-order valence-electron chi connectivity index (χ3n) is 3.23. The monoisotopic (exact) mass is 320 g/mol. The Kier molecular flexibility index (Phi) is 6.05. The van der Waals surface area contributed by atoms with Gasteiger partial charge in [-0.1, -0.05) is 30.3 Å². The highest BCUT2D eigenvalue weighted by molar-refractivity contribution is 5.92. The van der Waals surface area contributed by atoms with Crippen LogP contribution in [-0.2, 0) is 4.79 Å². The molecule has 0 aliphatic carbocycles. The molecule has 0 fully saturated rings. The highest BCUT2D eigenvalue weighted by Crippen LogP contribution is 2.17. The quantitative estimate of drug-likeness (QED) is 0.820. The summed E-state index contributed by atoms with van der Waals surface area (Å²) in [6, 6.07) is 15.6. The van der Waals surface area contributed by atoms with Crippen molar-refractivity contribution in [3.8, 4) is 5.75 Å². The van der Waals surface area contributed by atoms with Crippen LogP contribution in [0.25, 0.3) is 0 Å². The molecule has 0 unspecified atom stereocenters. The van der Waals surface area contributed by atoms with Gasteiger partial charge in [0.05, 0.1) is 6.54 Å². The predicted molar refractivity (Wildman–Crippen MR) is 84.6 cm³/mol. The van der Waals surface area contributed by atoms with E-state index in [1.807, 2.05) is 37.3 Å². The number of hydrogen-bond donors (Lipinski definition) is 2. The Morgan fingerprint density at radius 2 is 1.74 bits per heavy atom. The smallest absolute Gasteiger partial charge is 0.387 e. The molecule has 6 heteroatoms. The molecule has 0 bridgehead atoms. The van der Waals surface area contributed by atoms with Crippen LogP contribution in [0.5, 0.6) is 5.75 Å². The summed E-state index contributed by atoms with van der Waals surface area (Å²) in [5, 5.41) is 5.81. The zero-order valence-electron chi connectivity index (χ0n) is 12.6. The molecule has 0 saturated heterocycles. The van der Waals surface area contributed by atoms with Gasteiger partial charge in [0.15, 0.2) is 0 Å².